The Labute approximate surface area is 157 Å². The van der Waals surface area contributed by atoms with E-state index in [0.717, 1.165) is 0 Å². The minimum atomic E-state index is -3.77. The smallest absolute Gasteiger partial charge is 0.242 e. The summed E-state index contributed by atoms with van der Waals surface area (Å²) in [7, 11) is -3.77. The molecule has 0 aliphatic carbocycles. The van der Waals surface area contributed by atoms with Gasteiger partial charge < -0.3 is 4.90 Å². The van der Waals surface area contributed by atoms with Crippen LogP contribution in [0.5, 0.6) is 0 Å². The molecule has 8 heteroatoms. The highest BCUT2D eigenvalue weighted by Crippen LogP contribution is 2.19. The van der Waals surface area contributed by atoms with Crippen molar-refractivity contribution >= 4 is 27.5 Å². The lowest BCUT2D eigenvalue weighted by Gasteiger charge is -2.21. The molecule has 0 saturated carbocycles. The fourth-order valence-electron chi connectivity index (χ4n) is 2.44. The molecule has 0 bridgehead atoms. The molecule has 1 amide bonds. The molecule has 2 rings (SSSR count). The predicted molar refractivity (Wildman–Crippen MR) is 99.0 cm³/mol. The second-order valence-electron chi connectivity index (χ2n) is 5.68. The van der Waals surface area contributed by atoms with Crippen LogP contribution in [0.2, 0.25) is 5.02 Å². The first-order chi connectivity index (χ1) is 12.3. The number of nitrogens with one attached hydrogen (secondary N) is 1. The van der Waals surface area contributed by atoms with Crippen molar-refractivity contribution in [2.45, 2.75) is 18.2 Å². The van der Waals surface area contributed by atoms with Crippen LogP contribution in [0.4, 0.5) is 4.39 Å². The number of benzene rings is 2. The number of sulfonamides is 1. The summed E-state index contributed by atoms with van der Waals surface area (Å²) in [5, 5.41) is 0.128. The molecular weight excluding hydrogens is 379 g/mol. The minimum Gasteiger partial charge on any atom is -0.341 e. The van der Waals surface area contributed by atoms with E-state index in [4.69, 9.17) is 11.6 Å². The zero-order valence-corrected chi connectivity index (χ0v) is 15.9. The SMILES string of the molecule is CC(=O)N(CCNS(=O)(=O)c1ccccc1Cl)CCc1ccccc1F. The maximum absolute atomic E-state index is 13.7. The third-order valence-corrected chi connectivity index (χ3v) is 5.82. The first-order valence-electron chi connectivity index (χ1n) is 8.04. The summed E-state index contributed by atoms with van der Waals surface area (Å²) in [4.78, 5) is 13.2. The summed E-state index contributed by atoms with van der Waals surface area (Å²) < 4.78 is 40.7. The van der Waals surface area contributed by atoms with E-state index in [1.807, 2.05) is 0 Å². The van der Waals surface area contributed by atoms with Gasteiger partial charge in [-0.15, -0.1) is 0 Å². The summed E-state index contributed by atoms with van der Waals surface area (Å²) >= 11 is 5.91. The second kappa shape index (κ2) is 9.12. The first-order valence-corrected chi connectivity index (χ1v) is 9.90. The monoisotopic (exact) mass is 398 g/mol. The van der Waals surface area contributed by atoms with Crippen molar-refractivity contribution in [1.29, 1.82) is 0 Å². The van der Waals surface area contributed by atoms with Gasteiger partial charge in [0.05, 0.1) is 5.02 Å². The summed E-state index contributed by atoms with van der Waals surface area (Å²) in [6, 6.07) is 12.5. The van der Waals surface area contributed by atoms with Gasteiger partial charge in [0.15, 0.2) is 0 Å². The topological polar surface area (TPSA) is 66.5 Å². The maximum Gasteiger partial charge on any atom is 0.242 e. The van der Waals surface area contributed by atoms with Gasteiger partial charge in [-0.05, 0) is 30.2 Å². The molecule has 26 heavy (non-hydrogen) atoms. The molecule has 0 unspecified atom stereocenters. The van der Waals surface area contributed by atoms with Gasteiger partial charge in [0.1, 0.15) is 10.7 Å². The van der Waals surface area contributed by atoms with E-state index in [1.54, 1.807) is 30.3 Å². The van der Waals surface area contributed by atoms with Gasteiger partial charge in [-0.1, -0.05) is 41.9 Å². The van der Waals surface area contributed by atoms with E-state index >= 15 is 0 Å². The highest BCUT2D eigenvalue weighted by Gasteiger charge is 2.18. The molecule has 0 fully saturated rings. The van der Waals surface area contributed by atoms with E-state index in [0.29, 0.717) is 18.5 Å². The molecule has 0 aromatic heterocycles. The van der Waals surface area contributed by atoms with Crippen molar-refractivity contribution in [3.63, 3.8) is 0 Å². The molecule has 2 aromatic carbocycles. The summed E-state index contributed by atoms with van der Waals surface area (Å²) in [5.41, 5.74) is 0.510. The molecule has 0 radical (unpaired) electrons. The predicted octanol–water partition coefficient (Wildman–Crippen LogP) is 2.85. The molecule has 0 saturated heterocycles. The zero-order valence-electron chi connectivity index (χ0n) is 14.3. The zero-order chi connectivity index (χ0) is 19.2. The Morgan fingerprint density at radius 1 is 1.12 bits per heavy atom. The van der Waals surface area contributed by atoms with Crippen LogP contribution in [0.25, 0.3) is 0 Å². The maximum atomic E-state index is 13.7. The van der Waals surface area contributed by atoms with Crippen LogP contribution in [0.15, 0.2) is 53.4 Å². The van der Waals surface area contributed by atoms with Crippen LogP contribution in [0, 0.1) is 5.82 Å². The first kappa shape index (κ1) is 20.4. The van der Waals surface area contributed by atoms with Crippen molar-refractivity contribution in [1.82, 2.24) is 9.62 Å². The average molecular weight is 399 g/mol. The van der Waals surface area contributed by atoms with Crippen LogP contribution >= 0.6 is 11.6 Å². The number of amides is 1. The van der Waals surface area contributed by atoms with Crippen LogP contribution < -0.4 is 4.72 Å². The molecule has 2 aromatic rings. The molecule has 140 valence electrons. The van der Waals surface area contributed by atoms with Crippen molar-refractivity contribution in [3.05, 3.63) is 64.9 Å². The number of halogens is 2. The normalized spacial score (nSPS) is 11.3. The van der Waals surface area contributed by atoms with Crippen molar-refractivity contribution in [3.8, 4) is 0 Å². The molecule has 1 N–H and O–H groups in total. The lowest BCUT2D eigenvalue weighted by molar-refractivity contribution is -0.128. The Morgan fingerprint density at radius 3 is 2.42 bits per heavy atom. The largest absolute Gasteiger partial charge is 0.341 e. The van der Waals surface area contributed by atoms with Crippen LogP contribution in [-0.4, -0.2) is 38.9 Å². The van der Waals surface area contributed by atoms with Crippen molar-refractivity contribution in [2.24, 2.45) is 0 Å². The Morgan fingerprint density at radius 2 is 1.77 bits per heavy atom. The molecule has 5 nitrogen and oxygen atoms in total. The van der Waals surface area contributed by atoms with Gasteiger partial charge in [-0.25, -0.2) is 17.5 Å². The third kappa shape index (κ3) is 5.52. The number of rotatable bonds is 8. The Hall–Kier alpha value is -1.96. The molecular formula is C18H20ClFN2O3S. The Balaban J connectivity index is 1.93. The fraction of sp³-hybridized carbons (Fsp3) is 0.278. The minimum absolute atomic E-state index is 0.0117. The number of carbonyl (C=O) groups is 1. The Bertz CT molecular complexity index is 874. The third-order valence-electron chi connectivity index (χ3n) is 3.85. The molecule has 0 spiro atoms. The summed E-state index contributed by atoms with van der Waals surface area (Å²) in [6.07, 6.45) is 0.351. The number of nitrogens with zero attached hydrogens (tertiary/aromatic N) is 1. The number of carbonyl (C=O) groups excluding carboxylic acids is 1. The van der Waals surface area contributed by atoms with E-state index in [9.17, 15) is 17.6 Å². The molecule has 0 aliphatic heterocycles. The van der Waals surface area contributed by atoms with Gasteiger partial charge >= 0.3 is 0 Å². The summed E-state index contributed by atoms with van der Waals surface area (Å²) in [6.45, 7) is 1.89. The Kier molecular flexibility index (Phi) is 7.14. The fourth-order valence-corrected chi connectivity index (χ4v) is 3.98. The van der Waals surface area contributed by atoms with Crippen LogP contribution in [0.3, 0.4) is 0 Å². The average Bonchev–Trinajstić information content (AvgIpc) is 2.59. The van der Waals surface area contributed by atoms with E-state index in [1.165, 1.54) is 30.0 Å². The number of hydrogen-bond acceptors (Lipinski definition) is 3. The highest BCUT2D eigenvalue weighted by molar-refractivity contribution is 7.89. The van der Waals surface area contributed by atoms with E-state index in [-0.39, 0.29) is 34.7 Å². The van der Waals surface area contributed by atoms with Crippen LogP contribution in [-0.2, 0) is 21.2 Å². The summed E-state index contributed by atoms with van der Waals surface area (Å²) in [5.74, 6) is -0.534. The van der Waals surface area contributed by atoms with Crippen molar-refractivity contribution in [2.75, 3.05) is 19.6 Å². The molecule has 0 aliphatic rings. The van der Waals surface area contributed by atoms with Gasteiger partial charge in [0.2, 0.25) is 15.9 Å². The molecule has 0 atom stereocenters. The quantitative estimate of drug-likeness (QED) is 0.743. The van der Waals surface area contributed by atoms with Crippen LogP contribution in [0.1, 0.15) is 12.5 Å². The lowest BCUT2D eigenvalue weighted by atomic mass is 10.1. The van der Waals surface area contributed by atoms with Gasteiger partial charge in [-0.3, -0.25) is 4.79 Å². The van der Waals surface area contributed by atoms with Gasteiger partial charge in [0.25, 0.3) is 0 Å². The second-order valence-corrected chi connectivity index (χ2v) is 7.82. The highest BCUT2D eigenvalue weighted by atomic mass is 35.5. The lowest BCUT2D eigenvalue weighted by Crippen LogP contribution is -2.38. The molecule has 0 heterocycles. The standard InChI is InChI=1S/C18H20ClFN2O3S/c1-14(23)22(12-10-15-6-2-4-8-17(15)20)13-11-21-26(24,25)18-9-5-3-7-16(18)19/h2-9,21H,10-13H2,1H3. The van der Waals surface area contributed by atoms with E-state index in [2.05, 4.69) is 4.72 Å². The van der Waals surface area contributed by atoms with E-state index < -0.39 is 10.0 Å². The van der Waals surface area contributed by atoms with Gasteiger partial charge in [0, 0.05) is 26.6 Å². The number of hydrogen-bond donors (Lipinski definition) is 1. The van der Waals surface area contributed by atoms with Crippen molar-refractivity contribution < 1.29 is 17.6 Å². The van der Waals surface area contributed by atoms with Gasteiger partial charge in [-0.2, -0.15) is 0 Å².